The van der Waals surface area contributed by atoms with Crippen LogP contribution in [0.3, 0.4) is 0 Å². The van der Waals surface area contributed by atoms with Crippen molar-refractivity contribution in [2.45, 2.75) is 4.90 Å². The second kappa shape index (κ2) is 9.84. The van der Waals surface area contributed by atoms with Crippen LogP contribution < -0.4 is 0 Å². The van der Waals surface area contributed by atoms with Crippen molar-refractivity contribution in [2.75, 3.05) is 20.5 Å². The van der Waals surface area contributed by atoms with Gasteiger partial charge in [0.1, 0.15) is 11.3 Å². The second-order valence-electron chi connectivity index (χ2n) is 7.33. The van der Waals surface area contributed by atoms with Crippen molar-refractivity contribution in [2.24, 2.45) is 0 Å². The number of benzene rings is 3. The summed E-state index contributed by atoms with van der Waals surface area (Å²) in [5.74, 6) is -1.41. The topological polar surface area (TPSA) is 87.5 Å². The van der Waals surface area contributed by atoms with Gasteiger partial charge in [0.2, 0.25) is 0 Å². The summed E-state index contributed by atoms with van der Waals surface area (Å²) in [5, 5.41) is 4.60. The van der Waals surface area contributed by atoms with Gasteiger partial charge in [-0.25, -0.2) is 14.3 Å². The zero-order valence-electron chi connectivity index (χ0n) is 18.8. The van der Waals surface area contributed by atoms with E-state index in [-0.39, 0.29) is 17.0 Å². The first-order valence-electron chi connectivity index (χ1n) is 10.3. The molecule has 172 valence electrons. The third-order valence-electron chi connectivity index (χ3n) is 5.32. The van der Waals surface area contributed by atoms with Gasteiger partial charge in [0.05, 0.1) is 30.7 Å². The number of hydrogen-bond acceptors (Lipinski definition) is 6. The molecule has 0 bridgehead atoms. The molecular formula is C26H22N2O5S. The number of carbonyl (C=O) groups is 2. The fourth-order valence-corrected chi connectivity index (χ4v) is 4.49. The summed E-state index contributed by atoms with van der Waals surface area (Å²) in [6, 6.07) is 23.8. The first kappa shape index (κ1) is 23.1. The summed E-state index contributed by atoms with van der Waals surface area (Å²) in [7, 11) is 1.34. The lowest BCUT2D eigenvalue weighted by atomic mass is 10.0. The molecule has 0 spiro atoms. The van der Waals surface area contributed by atoms with Crippen molar-refractivity contribution < 1.29 is 23.3 Å². The molecule has 0 aliphatic heterocycles. The number of carbonyl (C=O) groups excluding carboxylic acids is 2. The molecule has 4 rings (SSSR count). The fraction of sp³-hybridized carbons (Fsp3) is 0.115. The third kappa shape index (κ3) is 4.27. The largest absolute Gasteiger partial charge is 0.465 e. The Labute approximate surface area is 199 Å². The Morgan fingerprint density at radius 2 is 1.38 bits per heavy atom. The average molecular weight is 475 g/mol. The number of methoxy groups -OCH3 is 2. The quantitative estimate of drug-likeness (QED) is 0.382. The zero-order valence-corrected chi connectivity index (χ0v) is 19.7. The van der Waals surface area contributed by atoms with Crippen LogP contribution in [0.15, 0.2) is 83.8 Å². The molecule has 4 aromatic rings. The molecular weight excluding hydrogens is 452 g/mol. The van der Waals surface area contributed by atoms with E-state index >= 15 is 0 Å². The molecule has 0 fully saturated rings. The summed E-state index contributed by atoms with van der Waals surface area (Å²) >= 11 is 0. The van der Waals surface area contributed by atoms with Crippen LogP contribution in [0.2, 0.25) is 0 Å². The number of nitrogens with zero attached hydrogens (tertiary/aromatic N) is 2. The van der Waals surface area contributed by atoms with Crippen molar-refractivity contribution in [1.82, 2.24) is 9.78 Å². The number of esters is 2. The molecule has 0 aliphatic carbocycles. The number of ether oxygens (including phenoxy) is 2. The Hall–Kier alpha value is -4.04. The number of aromatic nitrogens is 2. The normalized spacial score (nSPS) is 11.6. The highest BCUT2D eigenvalue weighted by molar-refractivity contribution is 7.84. The first-order valence-corrected chi connectivity index (χ1v) is 11.9. The van der Waals surface area contributed by atoms with Gasteiger partial charge in [-0.1, -0.05) is 60.7 Å². The van der Waals surface area contributed by atoms with E-state index in [1.54, 1.807) is 42.7 Å². The van der Waals surface area contributed by atoms with Crippen LogP contribution in [0.1, 0.15) is 20.8 Å². The van der Waals surface area contributed by atoms with E-state index < -0.39 is 22.7 Å². The van der Waals surface area contributed by atoms with E-state index in [1.807, 2.05) is 42.5 Å². The van der Waals surface area contributed by atoms with E-state index in [1.165, 1.54) is 18.9 Å². The average Bonchev–Trinajstić information content (AvgIpc) is 3.29. The van der Waals surface area contributed by atoms with Crippen LogP contribution in [-0.4, -0.2) is 46.4 Å². The summed E-state index contributed by atoms with van der Waals surface area (Å²) in [6.07, 6.45) is 1.64. The summed E-state index contributed by atoms with van der Waals surface area (Å²) in [4.78, 5) is 26.2. The van der Waals surface area contributed by atoms with E-state index in [4.69, 9.17) is 9.47 Å². The van der Waals surface area contributed by atoms with Crippen LogP contribution in [0.25, 0.3) is 28.1 Å². The molecule has 0 saturated heterocycles. The smallest absolute Gasteiger partial charge is 0.357 e. The number of para-hydroxylation sites is 1. The van der Waals surface area contributed by atoms with Crippen LogP contribution in [0, 0.1) is 0 Å². The lowest BCUT2D eigenvalue weighted by Gasteiger charge is -2.08. The molecule has 0 aliphatic rings. The maximum Gasteiger partial charge on any atom is 0.357 e. The van der Waals surface area contributed by atoms with Gasteiger partial charge in [-0.2, -0.15) is 5.10 Å². The van der Waals surface area contributed by atoms with Gasteiger partial charge in [-0.15, -0.1) is 0 Å². The number of hydrogen-bond donors (Lipinski definition) is 0. The van der Waals surface area contributed by atoms with E-state index in [9.17, 15) is 13.8 Å². The number of rotatable bonds is 6. The van der Waals surface area contributed by atoms with E-state index in [2.05, 4.69) is 5.10 Å². The highest BCUT2D eigenvalue weighted by Gasteiger charge is 2.31. The summed E-state index contributed by atoms with van der Waals surface area (Å²) in [6.45, 7) is 0. The molecule has 7 nitrogen and oxygen atoms in total. The van der Waals surface area contributed by atoms with Gasteiger partial charge < -0.3 is 9.47 Å². The van der Waals surface area contributed by atoms with Gasteiger partial charge in [0, 0.05) is 16.7 Å². The molecule has 0 N–H and O–H groups in total. The zero-order chi connectivity index (χ0) is 24.2. The van der Waals surface area contributed by atoms with Crippen LogP contribution in [0.5, 0.6) is 0 Å². The molecule has 1 heterocycles. The van der Waals surface area contributed by atoms with Crippen LogP contribution in [-0.2, 0) is 20.3 Å². The molecule has 0 saturated carbocycles. The molecule has 0 amide bonds. The van der Waals surface area contributed by atoms with Crippen LogP contribution >= 0.6 is 0 Å². The van der Waals surface area contributed by atoms with Crippen LogP contribution in [0.4, 0.5) is 0 Å². The minimum Gasteiger partial charge on any atom is -0.465 e. The standard InChI is InChI=1S/C26H22N2O5S/c1-32-25(29)22-23(27-28(24(22)26(30)33-2)19-9-5-4-6-10-19)18-15-13-17(14-16-18)20-11-7-8-12-21(20)34(3)31/h4-16H,1-3H3. The predicted octanol–water partition coefficient (Wildman–Crippen LogP) is 4.52. The van der Waals surface area contributed by atoms with Crippen molar-refractivity contribution in [3.8, 4) is 28.1 Å². The Balaban J connectivity index is 1.90. The molecule has 1 atom stereocenters. The van der Waals surface area contributed by atoms with Crippen molar-refractivity contribution in [3.63, 3.8) is 0 Å². The molecule has 1 aromatic heterocycles. The van der Waals surface area contributed by atoms with Crippen molar-refractivity contribution >= 4 is 22.7 Å². The maximum atomic E-state index is 12.8. The summed E-state index contributed by atoms with van der Waals surface area (Å²) < 4.78 is 23.5. The maximum absolute atomic E-state index is 12.8. The lowest BCUT2D eigenvalue weighted by molar-refractivity contribution is 0.0549. The minimum absolute atomic E-state index is 0.0148. The lowest BCUT2D eigenvalue weighted by Crippen LogP contribution is -2.15. The highest BCUT2D eigenvalue weighted by atomic mass is 32.2. The van der Waals surface area contributed by atoms with Gasteiger partial charge in [-0.3, -0.25) is 4.21 Å². The molecule has 0 radical (unpaired) electrons. The third-order valence-corrected chi connectivity index (χ3v) is 6.30. The van der Waals surface area contributed by atoms with Gasteiger partial charge >= 0.3 is 11.9 Å². The predicted molar refractivity (Wildman–Crippen MR) is 129 cm³/mol. The Kier molecular flexibility index (Phi) is 6.70. The minimum atomic E-state index is -1.15. The Morgan fingerprint density at radius 3 is 2.00 bits per heavy atom. The monoisotopic (exact) mass is 474 g/mol. The highest BCUT2D eigenvalue weighted by Crippen LogP contribution is 2.32. The van der Waals surface area contributed by atoms with Crippen molar-refractivity contribution in [3.05, 3.63) is 90.1 Å². The first-order chi connectivity index (χ1) is 16.5. The molecule has 1 unspecified atom stereocenters. The molecule has 3 aromatic carbocycles. The van der Waals surface area contributed by atoms with Gasteiger partial charge in [0.15, 0.2) is 5.69 Å². The van der Waals surface area contributed by atoms with Gasteiger partial charge in [-0.05, 0) is 29.3 Å². The molecule has 34 heavy (non-hydrogen) atoms. The Morgan fingerprint density at radius 1 is 0.794 bits per heavy atom. The van der Waals surface area contributed by atoms with Gasteiger partial charge in [0.25, 0.3) is 0 Å². The second-order valence-corrected chi connectivity index (χ2v) is 8.68. The SMILES string of the molecule is COC(=O)c1c(-c2ccc(-c3ccccc3S(C)=O)cc2)nn(-c2ccccc2)c1C(=O)OC. The van der Waals surface area contributed by atoms with E-state index in [0.717, 1.165) is 16.0 Å². The molecule has 8 heteroatoms. The summed E-state index contributed by atoms with van der Waals surface area (Å²) in [5.41, 5.74) is 3.20. The van der Waals surface area contributed by atoms with Crippen molar-refractivity contribution in [1.29, 1.82) is 0 Å². The van der Waals surface area contributed by atoms with E-state index in [0.29, 0.717) is 11.3 Å². The Bertz CT molecular complexity index is 1380. The fourth-order valence-electron chi connectivity index (χ4n) is 3.72.